The van der Waals surface area contributed by atoms with Crippen molar-refractivity contribution in [1.29, 1.82) is 0 Å². The lowest BCUT2D eigenvalue weighted by molar-refractivity contribution is 0.0594. The Morgan fingerprint density at radius 3 is 2.78 bits per heavy atom. The number of aromatic amines is 1. The highest BCUT2D eigenvalue weighted by Crippen LogP contribution is 2.37. The van der Waals surface area contributed by atoms with Gasteiger partial charge in [-0.05, 0) is 48.2 Å². The van der Waals surface area contributed by atoms with E-state index in [0.29, 0.717) is 10.8 Å². The maximum atomic E-state index is 12.0. The van der Waals surface area contributed by atoms with Crippen LogP contribution in [0.25, 0.3) is 6.08 Å². The van der Waals surface area contributed by atoms with Crippen molar-refractivity contribution in [2.45, 2.75) is 25.5 Å². The second-order valence-electron chi connectivity index (χ2n) is 9.28. The number of benzene rings is 1. The summed E-state index contributed by atoms with van der Waals surface area (Å²) in [5.74, 6) is -0.0314. The Kier molecular flexibility index (Phi) is 7.31. The van der Waals surface area contributed by atoms with Crippen LogP contribution in [-0.4, -0.2) is 66.1 Å². The van der Waals surface area contributed by atoms with E-state index in [1.807, 2.05) is 0 Å². The van der Waals surface area contributed by atoms with E-state index >= 15 is 0 Å². The zero-order valence-corrected chi connectivity index (χ0v) is 21.3. The van der Waals surface area contributed by atoms with E-state index in [9.17, 15) is 9.59 Å². The summed E-state index contributed by atoms with van der Waals surface area (Å²) in [6, 6.07) is 9.86. The van der Waals surface area contributed by atoms with E-state index in [1.165, 1.54) is 41.2 Å². The number of hydrogen-bond acceptors (Lipinski definition) is 8. The Morgan fingerprint density at radius 2 is 2.00 bits per heavy atom. The first-order valence-electron chi connectivity index (χ1n) is 12.1. The minimum atomic E-state index is -0.506. The Hall–Kier alpha value is -3.27. The monoisotopic (exact) mass is 506 g/mol. The number of methoxy groups -OCH3 is 1. The van der Waals surface area contributed by atoms with Crippen LogP contribution in [-0.2, 0) is 17.7 Å². The number of fused-ring (bicyclic) bond motifs is 1. The summed E-state index contributed by atoms with van der Waals surface area (Å²) in [5, 5.41) is 2.33. The molecule has 0 amide bonds. The lowest BCUT2D eigenvalue weighted by Crippen LogP contribution is -2.43. The molecule has 1 N–H and O–H groups in total. The van der Waals surface area contributed by atoms with Crippen LogP contribution in [0, 0.1) is 0 Å². The lowest BCUT2D eigenvalue weighted by Gasteiger charge is -2.32. The summed E-state index contributed by atoms with van der Waals surface area (Å²) in [4.78, 5) is 35.8. The molecule has 1 fully saturated rings. The largest absolute Gasteiger partial charge is 0.479 e. The molecule has 3 heterocycles. The van der Waals surface area contributed by atoms with E-state index in [1.54, 1.807) is 17.6 Å². The third-order valence-corrected chi connectivity index (χ3v) is 7.60. The molecule has 3 aromatic rings. The molecule has 2 aliphatic rings. The van der Waals surface area contributed by atoms with Crippen molar-refractivity contribution in [3.63, 3.8) is 0 Å². The Bertz CT molecular complexity index is 1320. The van der Waals surface area contributed by atoms with Crippen molar-refractivity contribution in [2.75, 3.05) is 40.3 Å². The van der Waals surface area contributed by atoms with Gasteiger partial charge < -0.3 is 19.4 Å². The zero-order valence-electron chi connectivity index (χ0n) is 20.5. The smallest absolute Gasteiger partial charge is 0.357 e. The van der Waals surface area contributed by atoms with Crippen molar-refractivity contribution >= 4 is 23.4 Å². The van der Waals surface area contributed by atoms with Gasteiger partial charge in [-0.3, -0.25) is 9.69 Å². The Morgan fingerprint density at radius 1 is 1.17 bits per heavy atom. The van der Waals surface area contributed by atoms with Gasteiger partial charge in [-0.2, -0.15) is 0 Å². The molecule has 188 valence electrons. The molecule has 9 heteroatoms. The third kappa shape index (κ3) is 5.59. The van der Waals surface area contributed by atoms with Gasteiger partial charge in [0, 0.05) is 50.4 Å². The fourth-order valence-electron chi connectivity index (χ4n) is 4.66. The number of piperazine rings is 1. The predicted octanol–water partition coefficient (Wildman–Crippen LogP) is 3.52. The number of thiazole rings is 1. The van der Waals surface area contributed by atoms with Crippen molar-refractivity contribution in [3.8, 4) is 5.75 Å². The van der Waals surface area contributed by atoms with E-state index in [-0.39, 0.29) is 11.3 Å². The minimum Gasteiger partial charge on any atom is -0.479 e. The molecule has 0 radical (unpaired) electrons. The lowest BCUT2D eigenvalue weighted by atomic mass is 9.88. The van der Waals surface area contributed by atoms with Crippen LogP contribution in [0.5, 0.6) is 5.75 Å². The number of pyridine rings is 1. The minimum absolute atomic E-state index is 0.239. The van der Waals surface area contributed by atoms with Gasteiger partial charge in [0.15, 0.2) is 11.8 Å². The van der Waals surface area contributed by atoms with E-state index in [2.05, 4.69) is 51.1 Å². The highest BCUT2D eigenvalue weighted by atomic mass is 32.1. The van der Waals surface area contributed by atoms with Crippen LogP contribution in [0.15, 0.2) is 52.3 Å². The van der Waals surface area contributed by atoms with Crippen LogP contribution in [0.2, 0.25) is 0 Å². The van der Waals surface area contributed by atoms with Gasteiger partial charge in [0.1, 0.15) is 10.8 Å². The van der Waals surface area contributed by atoms with Gasteiger partial charge in [0.05, 0.1) is 7.11 Å². The third-order valence-electron chi connectivity index (χ3n) is 6.71. The van der Waals surface area contributed by atoms with Crippen molar-refractivity contribution in [2.24, 2.45) is 0 Å². The Balaban J connectivity index is 1.41. The maximum absolute atomic E-state index is 12.0. The number of rotatable bonds is 7. The first-order chi connectivity index (χ1) is 17.5. The number of nitrogens with one attached hydrogen (secondary N) is 1. The summed E-state index contributed by atoms with van der Waals surface area (Å²) in [5.41, 5.74) is 4.91. The summed E-state index contributed by atoms with van der Waals surface area (Å²) >= 11 is 1.35. The molecule has 36 heavy (non-hydrogen) atoms. The number of H-pyrrole nitrogens is 1. The van der Waals surface area contributed by atoms with Crippen LogP contribution in [0.4, 0.5) is 0 Å². The highest BCUT2D eigenvalue weighted by molar-refractivity contribution is 7.09. The fourth-order valence-corrected chi connectivity index (χ4v) is 5.52. The number of carbonyl (C=O) groups is 1. The number of esters is 1. The van der Waals surface area contributed by atoms with Gasteiger partial charge in [-0.1, -0.05) is 24.3 Å². The number of hydrogen-bond donors (Lipinski definition) is 1. The molecule has 1 saturated heterocycles. The van der Waals surface area contributed by atoms with E-state index in [0.717, 1.165) is 51.1 Å². The molecule has 0 spiro atoms. The van der Waals surface area contributed by atoms with E-state index in [4.69, 9.17) is 9.47 Å². The molecule has 1 atom stereocenters. The number of nitrogens with zero attached hydrogens (tertiary/aromatic N) is 3. The van der Waals surface area contributed by atoms with Gasteiger partial charge >= 0.3 is 5.97 Å². The number of ether oxygens (including phenoxy) is 2. The average molecular weight is 507 g/mol. The summed E-state index contributed by atoms with van der Waals surface area (Å²) < 4.78 is 11.1. The quantitative estimate of drug-likeness (QED) is 0.491. The molecule has 5 rings (SSSR count). The summed E-state index contributed by atoms with van der Waals surface area (Å²) in [6.45, 7) is 5.39. The number of carbonyl (C=O) groups excluding carboxylic acids is 1. The summed E-state index contributed by atoms with van der Waals surface area (Å²) in [6.07, 6.45) is 4.90. The molecule has 8 nitrogen and oxygen atoms in total. The van der Waals surface area contributed by atoms with Gasteiger partial charge in [-0.15, -0.1) is 11.3 Å². The van der Waals surface area contributed by atoms with Gasteiger partial charge in [0.25, 0.3) is 5.56 Å². The zero-order chi connectivity index (χ0) is 25.1. The summed E-state index contributed by atoms with van der Waals surface area (Å²) in [7, 11) is 3.51. The molecule has 1 aliphatic heterocycles. The number of aryl methyl sites for hydroxylation is 1. The second-order valence-corrected chi connectivity index (χ2v) is 10.2. The molecule has 1 unspecified atom stereocenters. The van der Waals surface area contributed by atoms with Crippen molar-refractivity contribution in [1.82, 2.24) is 19.8 Å². The average Bonchev–Trinajstić information content (AvgIpc) is 3.38. The maximum Gasteiger partial charge on any atom is 0.357 e. The highest BCUT2D eigenvalue weighted by Gasteiger charge is 2.27. The van der Waals surface area contributed by atoms with Crippen LogP contribution < -0.4 is 10.3 Å². The van der Waals surface area contributed by atoms with Gasteiger partial charge in [0.2, 0.25) is 0 Å². The molecule has 1 aliphatic carbocycles. The molecule has 2 aromatic heterocycles. The normalized spacial score (nSPS) is 17.2. The standard InChI is InChI=1S/C27H30N4O4S/c1-30-9-11-31(12-10-30)16-18-3-4-20-14-21(6-5-19(20)13-18)25(35-22-7-8-28-24(32)15-22)26-29-23(17-36-26)27(33)34-2/h3-4,7-8,13-15,17,25H,5-6,9-12,16H2,1-2H3,(H,28,32). The Labute approximate surface area is 214 Å². The predicted molar refractivity (Wildman–Crippen MR) is 139 cm³/mol. The molecular formula is C27H30N4O4S. The molecule has 1 aromatic carbocycles. The first kappa shape index (κ1) is 24.4. The van der Waals surface area contributed by atoms with Crippen molar-refractivity contribution in [3.05, 3.63) is 85.2 Å². The SMILES string of the molecule is COC(=O)c1csc(C(Oc2cc[nH]c(=O)c2)C2=Cc3ccc(CN4CCN(C)CC4)cc3CC2)n1. The van der Waals surface area contributed by atoms with Crippen LogP contribution in [0.1, 0.15) is 44.7 Å². The topological polar surface area (TPSA) is 87.8 Å². The number of aromatic nitrogens is 2. The van der Waals surface area contributed by atoms with Gasteiger partial charge in [-0.25, -0.2) is 9.78 Å². The number of likely N-dealkylation sites (N-methyl/N-ethyl adjacent to an activating group) is 1. The van der Waals surface area contributed by atoms with Crippen LogP contribution >= 0.6 is 11.3 Å². The van der Waals surface area contributed by atoms with E-state index < -0.39 is 12.1 Å². The fraction of sp³-hybridized carbons (Fsp3) is 0.370. The first-order valence-corrected chi connectivity index (χ1v) is 13.0. The van der Waals surface area contributed by atoms with Crippen molar-refractivity contribution < 1.29 is 14.3 Å². The molecule has 0 saturated carbocycles. The van der Waals surface area contributed by atoms with Crippen LogP contribution in [0.3, 0.4) is 0 Å². The molecule has 0 bridgehead atoms. The molecular weight excluding hydrogens is 476 g/mol. The second kappa shape index (κ2) is 10.8.